The summed E-state index contributed by atoms with van der Waals surface area (Å²) in [5.41, 5.74) is 6.48. The lowest BCUT2D eigenvalue weighted by molar-refractivity contribution is -0.336. The van der Waals surface area contributed by atoms with Crippen LogP contribution in [-0.4, -0.2) is 36.9 Å². The Hall–Kier alpha value is -1.84. The lowest BCUT2D eigenvalue weighted by Crippen LogP contribution is -2.27. The summed E-state index contributed by atoms with van der Waals surface area (Å²) in [6, 6.07) is -0.205. The molecule has 124 valence electrons. The molecule has 1 aliphatic rings. The van der Waals surface area contributed by atoms with Crippen LogP contribution >= 0.6 is 7.94 Å². The highest BCUT2D eigenvalue weighted by atomic mass is 31.2. The summed E-state index contributed by atoms with van der Waals surface area (Å²) in [5.74, 6) is -0.0108. The van der Waals surface area contributed by atoms with Crippen molar-refractivity contribution in [1.29, 1.82) is 0 Å². The second-order valence-corrected chi connectivity index (χ2v) is 6.94. The van der Waals surface area contributed by atoms with E-state index in [1.54, 1.807) is 11.5 Å². The number of allylic oxidation sites excluding steroid dienone is 1. The summed E-state index contributed by atoms with van der Waals surface area (Å²) in [6.45, 7) is 1.80. The second-order valence-electron chi connectivity index (χ2n) is 5.41. The molecule has 0 unspecified atom stereocenters. The molecule has 3 rings (SSSR count). The molecule has 10 nitrogen and oxygen atoms in total. The molecule has 11 heteroatoms. The highest BCUT2D eigenvalue weighted by molar-refractivity contribution is 7.55. The Balaban J connectivity index is 1.86. The molecule has 0 amide bonds. The van der Waals surface area contributed by atoms with Crippen LogP contribution in [0.15, 0.2) is 22.8 Å². The van der Waals surface area contributed by atoms with Crippen molar-refractivity contribution in [3.63, 3.8) is 0 Å². The fourth-order valence-electron chi connectivity index (χ4n) is 2.65. The molecule has 0 radical (unpaired) electrons. The quantitative estimate of drug-likeness (QED) is 0.442. The van der Waals surface area contributed by atoms with Crippen LogP contribution in [0.2, 0.25) is 0 Å². The van der Waals surface area contributed by atoms with E-state index in [0.29, 0.717) is 12.1 Å². The van der Waals surface area contributed by atoms with Gasteiger partial charge >= 0.3 is 0 Å². The molecule has 0 aromatic carbocycles. The predicted octanol–water partition coefficient (Wildman–Crippen LogP) is -1.59. The average Bonchev–Trinajstić information content (AvgIpc) is 2.99. The van der Waals surface area contributed by atoms with Crippen molar-refractivity contribution in [3.05, 3.63) is 28.3 Å². The third-order valence-electron chi connectivity index (χ3n) is 3.67. The van der Waals surface area contributed by atoms with Crippen molar-refractivity contribution in [3.8, 4) is 0 Å². The van der Waals surface area contributed by atoms with E-state index in [0.717, 1.165) is 5.57 Å². The molecule has 2 aromatic heterocycles. The number of rotatable bonds is 4. The lowest BCUT2D eigenvalue weighted by atomic mass is 10.2. The minimum Gasteiger partial charge on any atom is -0.658 e. The van der Waals surface area contributed by atoms with E-state index in [4.69, 9.17) is 15.4 Å². The van der Waals surface area contributed by atoms with Crippen LogP contribution in [0.3, 0.4) is 0 Å². The smallest absolute Gasteiger partial charge is 0.280 e. The zero-order valence-electron chi connectivity index (χ0n) is 12.2. The second kappa shape index (κ2) is 5.66. The number of nitrogen functional groups attached to an aromatic ring is 1. The number of aromatic amines is 1. The monoisotopic (exact) mass is 340 g/mol. The highest BCUT2D eigenvalue weighted by Crippen LogP contribution is 2.38. The van der Waals surface area contributed by atoms with Crippen molar-refractivity contribution in [1.82, 2.24) is 19.5 Å². The maximum absolute atomic E-state index is 11.8. The SMILES string of the molecule is CC1=C[C@@H](n2cnc3c(=O)[nH]c(N)nc32)C[C@H]1OC[P+]([O-])([O-])O. The molecule has 23 heavy (non-hydrogen) atoms. The van der Waals surface area contributed by atoms with E-state index >= 15 is 0 Å². The van der Waals surface area contributed by atoms with Crippen molar-refractivity contribution in [2.45, 2.75) is 25.5 Å². The molecule has 1 aliphatic carbocycles. The van der Waals surface area contributed by atoms with Crippen LogP contribution in [0, 0.1) is 0 Å². The van der Waals surface area contributed by atoms with Crippen molar-refractivity contribution < 1.29 is 19.4 Å². The minimum absolute atomic E-state index is 0.0108. The fourth-order valence-corrected chi connectivity index (χ4v) is 3.02. The standard InChI is InChI=1S/C12H16N5O5P/c1-6-2-7(3-8(6)22-5-23(19,20)21)17-4-14-9-10(17)15-12(13)16-11(9)18/h2,4,7-8H,3,5H2,1H3,(H2,19,20,21)(H3,13,15,16,18)/p-1/t7-,8-/m1/s1. The largest absolute Gasteiger partial charge is 0.658 e. The summed E-state index contributed by atoms with van der Waals surface area (Å²) in [6.07, 6.45) is 2.59. The number of hydrogen-bond acceptors (Lipinski definition) is 8. The van der Waals surface area contributed by atoms with Crippen molar-refractivity contribution in [2.75, 3.05) is 12.1 Å². The lowest BCUT2D eigenvalue weighted by Gasteiger charge is -2.28. The Morgan fingerprint density at radius 2 is 2.35 bits per heavy atom. The molecular formula is C12H15N5O5P-. The Morgan fingerprint density at radius 3 is 3.04 bits per heavy atom. The summed E-state index contributed by atoms with van der Waals surface area (Å²) >= 11 is 0. The third-order valence-corrected chi connectivity index (χ3v) is 4.14. The van der Waals surface area contributed by atoms with Gasteiger partial charge in [-0.2, -0.15) is 4.98 Å². The van der Waals surface area contributed by atoms with Gasteiger partial charge in [-0.25, -0.2) is 4.98 Å². The molecule has 2 heterocycles. The van der Waals surface area contributed by atoms with Gasteiger partial charge in [-0.3, -0.25) is 14.7 Å². The first kappa shape index (κ1) is 16.0. The minimum atomic E-state index is -4.47. The number of imidazole rings is 1. The van der Waals surface area contributed by atoms with E-state index < -0.39 is 26.0 Å². The summed E-state index contributed by atoms with van der Waals surface area (Å²) in [7, 11) is -4.47. The van der Waals surface area contributed by atoms with E-state index in [1.807, 2.05) is 6.08 Å². The number of aromatic nitrogens is 4. The zero-order chi connectivity index (χ0) is 16.8. The van der Waals surface area contributed by atoms with Gasteiger partial charge in [0.1, 0.15) is 0 Å². The topological polar surface area (TPSA) is 165 Å². The van der Waals surface area contributed by atoms with Crippen molar-refractivity contribution in [2.24, 2.45) is 0 Å². The van der Waals surface area contributed by atoms with E-state index in [2.05, 4.69) is 15.0 Å². The van der Waals surface area contributed by atoms with Crippen molar-refractivity contribution >= 4 is 25.1 Å². The first-order valence-corrected chi connectivity index (χ1v) is 8.56. The van der Waals surface area contributed by atoms with Gasteiger partial charge in [0.05, 0.1) is 26.4 Å². The molecule has 2 atom stereocenters. The van der Waals surface area contributed by atoms with Crippen LogP contribution in [0.4, 0.5) is 5.95 Å². The predicted molar refractivity (Wildman–Crippen MR) is 78.9 cm³/mol. The van der Waals surface area contributed by atoms with E-state index in [1.165, 1.54) is 6.33 Å². The van der Waals surface area contributed by atoms with Gasteiger partial charge in [-0.15, -0.1) is 0 Å². The molecule has 0 bridgehead atoms. The molecule has 0 saturated heterocycles. The van der Waals surface area contributed by atoms with Gasteiger partial charge in [0.15, 0.2) is 17.5 Å². The van der Waals surface area contributed by atoms with Crippen LogP contribution in [-0.2, 0) is 4.74 Å². The van der Waals surface area contributed by atoms with Gasteiger partial charge in [-0.05, 0) is 12.5 Å². The first-order chi connectivity index (χ1) is 10.7. The van der Waals surface area contributed by atoms with Gasteiger partial charge < -0.3 is 24.8 Å². The number of fused-ring (bicyclic) bond motifs is 1. The number of H-pyrrole nitrogens is 1. The maximum Gasteiger partial charge on any atom is 0.280 e. The van der Waals surface area contributed by atoms with Crippen LogP contribution in [0.1, 0.15) is 19.4 Å². The molecule has 4 N–H and O–H groups in total. The van der Waals surface area contributed by atoms with Gasteiger partial charge in [0, 0.05) is 6.42 Å². The van der Waals surface area contributed by atoms with Crippen LogP contribution < -0.4 is 21.1 Å². The zero-order valence-corrected chi connectivity index (χ0v) is 13.1. The molecule has 0 fully saturated rings. The number of anilines is 1. The molecule has 0 spiro atoms. The first-order valence-electron chi connectivity index (χ1n) is 6.79. The Kier molecular flexibility index (Phi) is 3.95. The highest BCUT2D eigenvalue weighted by Gasteiger charge is 2.28. The van der Waals surface area contributed by atoms with Crippen LogP contribution in [0.5, 0.6) is 0 Å². The Morgan fingerprint density at radius 1 is 1.61 bits per heavy atom. The summed E-state index contributed by atoms with van der Waals surface area (Å²) < 4.78 is 6.91. The Bertz CT molecular complexity index is 823. The normalized spacial score (nSPS) is 21.8. The number of nitrogens with zero attached hydrogens (tertiary/aromatic N) is 3. The van der Waals surface area contributed by atoms with Gasteiger partial charge in [0.25, 0.3) is 5.56 Å². The summed E-state index contributed by atoms with van der Waals surface area (Å²) in [4.78, 5) is 52.7. The third kappa shape index (κ3) is 3.26. The maximum atomic E-state index is 11.8. The number of ether oxygens (including phenoxy) is 1. The number of nitrogens with one attached hydrogen (secondary N) is 1. The van der Waals surface area contributed by atoms with Gasteiger partial charge in [0.2, 0.25) is 5.95 Å². The number of hydrogen-bond donors (Lipinski definition) is 3. The van der Waals surface area contributed by atoms with Crippen LogP contribution in [0.25, 0.3) is 11.2 Å². The van der Waals surface area contributed by atoms with Gasteiger partial charge in [-0.1, -0.05) is 6.08 Å². The number of nitrogens with two attached hydrogens (primary N) is 1. The fraction of sp³-hybridized carbons (Fsp3) is 0.417. The molecular weight excluding hydrogens is 325 g/mol. The average molecular weight is 340 g/mol. The summed E-state index contributed by atoms with van der Waals surface area (Å²) in [5, 5.41) is 0. The van der Waals surface area contributed by atoms with E-state index in [-0.39, 0.29) is 17.5 Å². The Labute approximate surface area is 130 Å². The molecule has 0 saturated carbocycles. The molecule has 2 aromatic rings. The molecule has 0 aliphatic heterocycles. The van der Waals surface area contributed by atoms with E-state index in [9.17, 15) is 14.6 Å².